The molecule has 160 valence electrons. The molecule has 1 amide bonds. The molecule has 2 aliphatic rings. The van der Waals surface area contributed by atoms with Crippen LogP contribution in [0.5, 0.6) is 0 Å². The number of amides is 1. The number of rotatable bonds is 6. The van der Waals surface area contributed by atoms with E-state index >= 15 is 0 Å². The van der Waals surface area contributed by atoms with E-state index in [1.165, 1.54) is 23.1 Å². The van der Waals surface area contributed by atoms with Crippen molar-refractivity contribution in [1.82, 2.24) is 10.2 Å². The Morgan fingerprint density at radius 1 is 1.20 bits per heavy atom. The van der Waals surface area contributed by atoms with Crippen molar-refractivity contribution in [3.63, 3.8) is 0 Å². The average molecular weight is 531 g/mol. The first-order valence-corrected chi connectivity index (χ1v) is 10.8. The zero-order chi connectivity index (χ0) is 21.5. The smallest absolute Gasteiger partial charge is 0.256 e. The highest BCUT2D eigenvalue weighted by atomic mass is 127. The van der Waals surface area contributed by atoms with Crippen LogP contribution >= 0.6 is 22.6 Å². The van der Waals surface area contributed by atoms with Gasteiger partial charge in [-0.25, -0.2) is 13.2 Å². The summed E-state index contributed by atoms with van der Waals surface area (Å²) in [6.07, 6.45) is 1.45. The molecule has 2 heterocycles. The van der Waals surface area contributed by atoms with Crippen molar-refractivity contribution in [1.29, 1.82) is 0 Å². The van der Waals surface area contributed by atoms with Crippen molar-refractivity contribution in [3.05, 3.63) is 56.9 Å². The lowest BCUT2D eigenvalue weighted by Gasteiger charge is -2.47. The SMILES string of the molecule is O=C(c1ccc(F)c(F)c1Nc1ccc(I)cc1F)N1CC(O)(CCC2CNC2)C1. The lowest BCUT2D eigenvalue weighted by Crippen LogP contribution is -2.63. The minimum atomic E-state index is -1.26. The molecule has 9 heteroatoms. The first-order valence-electron chi connectivity index (χ1n) is 9.68. The van der Waals surface area contributed by atoms with E-state index in [0.29, 0.717) is 15.9 Å². The monoisotopic (exact) mass is 531 g/mol. The zero-order valence-electron chi connectivity index (χ0n) is 16.0. The van der Waals surface area contributed by atoms with Crippen molar-refractivity contribution in [3.8, 4) is 0 Å². The molecule has 0 saturated carbocycles. The van der Waals surface area contributed by atoms with Gasteiger partial charge in [0.1, 0.15) is 5.82 Å². The maximum absolute atomic E-state index is 14.5. The van der Waals surface area contributed by atoms with Crippen molar-refractivity contribution in [2.24, 2.45) is 5.92 Å². The number of hydrogen-bond donors (Lipinski definition) is 3. The summed E-state index contributed by atoms with van der Waals surface area (Å²) >= 11 is 1.93. The minimum absolute atomic E-state index is 0.0665. The fraction of sp³-hybridized carbons (Fsp3) is 0.381. The Bertz CT molecular complexity index is 978. The van der Waals surface area contributed by atoms with Crippen LogP contribution in [0.2, 0.25) is 0 Å². The molecule has 0 aromatic heterocycles. The molecule has 3 N–H and O–H groups in total. The molecule has 0 unspecified atom stereocenters. The van der Waals surface area contributed by atoms with E-state index in [-0.39, 0.29) is 24.3 Å². The third-order valence-corrected chi connectivity index (χ3v) is 6.33. The van der Waals surface area contributed by atoms with E-state index in [4.69, 9.17) is 0 Å². The van der Waals surface area contributed by atoms with Gasteiger partial charge in [-0.3, -0.25) is 4.79 Å². The standard InChI is InChI=1S/C21H21F3IN3O2/c22-15-3-2-14(19(18(15)24)27-17-4-1-13(25)7-16(17)23)20(29)28-10-21(30,11-28)6-5-12-8-26-9-12/h1-4,7,12,26-27,30H,5-6,8-11H2. The molecule has 0 bridgehead atoms. The van der Waals surface area contributed by atoms with Crippen LogP contribution in [-0.4, -0.2) is 47.7 Å². The molecular formula is C21H21F3IN3O2. The van der Waals surface area contributed by atoms with Gasteiger partial charge >= 0.3 is 0 Å². The average Bonchev–Trinajstić information content (AvgIpc) is 2.63. The second-order valence-corrected chi connectivity index (χ2v) is 9.23. The predicted octanol–water partition coefficient (Wildman–Crippen LogP) is 3.64. The summed E-state index contributed by atoms with van der Waals surface area (Å²) in [4.78, 5) is 14.3. The van der Waals surface area contributed by atoms with Crippen LogP contribution < -0.4 is 10.6 Å². The number of nitrogens with one attached hydrogen (secondary N) is 2. The Morgan fingerprint density at radius 3 is 2.57 bits per heavy atom. The Morgan fingerprint density at radius 2 is 1.93 bits per heavy atom. The van der Waals surface area contributed by atoms with Crippen molar-refractivity contribution < 1.29 is 23.1 Å². The Hall–Kier alpha value is -1.85. The van der Waals surface area contributed by atoms with Gasteiger partial charge in [-0.1, -0.05) is 0 Å². The van der Waals surface area contributed by atoms with Crippen LogP contribution in [0.4, 0.5) is 24.5 Å². The molecule has 0 spiro atoms. The van der Waals surface area contributed by atoms with Crippen LogP contribution in [0.3, 0.4) is 0 Å². The van der Waals surface area contributed by atoms with Gasteiger partial charge < -0.3 is 20.6 Å². The van der Waals surface area contributed by atoms with Crippen molar-refractivity contribution in [2.75, 3.05) is 31.5 Å². The summed E-state index contributed by atoms with van der Waals surface area (Å²) in [5.41, 5.74) is -1.56. The van der Waals surface area contributed by atoms with E-state index in [2.05, 4.69) is 10.6 Å². The summed E-state index contributed by atoms with van der Waals surface area (Å²) in [7, 11) is 0. The number of carbonyl (C=O) groups excluding carboxylic acids is 1. The highest BCUT2D eigenvalue weighted by molar-refractivity contribution is 14.1. The normalized spacial score (nSPS) is 18.0. The Balaban J connectivity index is 1.51. The van der Waals surface area contributed by atoms with Crippen LogP contribution in [0.1, 0.15) is 23.2 Å². The van der Waals surface area contributed by atoms with Gasteiger partial charge in [0.15, 0.2) is 11.6 Å². The molecule has 2 saturated heterocycles. The van der Waals surface area contributed by atoms with Crippen molar-refractivity contribution >= 4 is 39.9 Å². The lowest BCUT2D eigenvalue weighted by atomic mass is 9.84. The predicted molar refractivity (Wildman–Crippen MR) is 115 cm³/mol. The summed E-state index contributed by atoms with van der Waals surface area (Å²) in [6.45, 7) is 2.14. The number of hydrogen-bond acceptors (Lipinski definition) is 4. The van der Waals surface area contributed by atoms with Crippen LogP contribution in [0.25, 0.3) is 0 Å². The summed E-state index contributed by atoms with van der Waals surface area (Å²) in [5, 5.41) is 16.3. The van der Waals surface area contributed by atoms with E-state index in [9.17, 15) is 23.1 Å². The molecule has 2 aromatic rings. The van der Waals surface area contributed by atoms with Crippen LogP contribution in [0.15, 0.2) is 30.3 Å². The molecule has 2 fully saturated rings. The summed E-state index contributed by atoms with van der Waals surface area (Å²) < 4.78 is 43.2. The highest BCUT2D eigenvalue weighted by Gasteiger charge is 2.44. The minimum Gasteiger partial charge on any atom is -0.386 e. The Labute approximate surface area is 185 Å². The largest absolute Gasteiger partial charge is 0.386 e. The molecule has 2 aromatic carbocycles. The van der Waals surface area contributed by atoms with Gasteiger partial charge in [-0.05, 0) is 84.8 Å². The number of anilines is 2. The molecule has 4 rings (SSSR count). The third kappa shape index (κ3) is 4.28. The van der Waals surface area contributed by atoms with Gasteiger partial charge in [0.2, 0.25) is 0 Å². The number of β-amino-alcohol motifs (C(OH)–C–C–N with tert-alkyl or cyclic N) is 1. The number of aliphatic hydroxyl groups is 1. The Kier molecular flexibility index (Phi) is 5.95. The van der Waals surface area contributed by atoms with Gasteiger partial charge in [0, 0.05) is 3.57 Å². The fourth-order valence-electron chi connectivity index (χ4n) is 3.74. The van der Waals surface area contributed by atoms with E-state index in [0.717, 1.165) is 25.6 Å². The number of benzene rings is 2. The molecule has 5 nitrogen and oxygen atoms in total. The molecule has 30 heavy (non-hydrogen) atoms. The van der Waals surface area contributed by atoms with E-state index in [1.807, 2.05) is 22.6 Å². The maximum atomic E-state index is 14.5. The van der Waals surface area contributed by atoms with Gasteiger partial charge in [-0.15, -0.1) is 0 Å². The molecular weight excluding hydrogens is 510 g/mol. The third-order valence-electron chi connectivity index (χ3n) is 5.66. The molecule has 0 radical (unpaired) electrons. The van der Waals surface area contributed by atoms with Gasteiger partial charge in [0.25, 0.3) is 5.91 Å². The number of nitrogens with zero attached hydrogens (tertiary/aromatic N) is 1. The van der Waals surface area contributed by atoms with Crippen LogP contribution in [-0.2, 0) is 0 Å². The lowest BCUT2D eigenvalue weighted by molar-refractivity contribution is -0.0894. The molecule has 2 aliphatic heterocycles. The molecule has 0 aliphatic carbocycles. The quantitative estimate of drug-likeness (QED) is 0.499. The van der Waals surface area contributed by atoms with Gasteiger partial charge in [-0.2, -0.15) is 0 Å². The maximum Gasteiger partial charge on any atom is 0.256 e. The van der Waals surface area contributed by atoms with Crippen molar-refractivity contribution in [2.45, 2.75) is 18.4 Å². The summed E-state index contributed by atoms with van der Waals surface area (Å²) in [6, 6.07) is 6.29. The summed E-state index contributed by atoms with van der Waals surface area (Å²) in [5.74, 6) is -3.05. The topological polar surface area (TPSA) is 64.6 Å². The first kappa shape index (κ1) is 21.4. The second kappa shape index (κ2) is 8.35. The molecule has 0 atom stereocenters. The highest BCUT2D eigenvalue weighted by Crippen LogP contribution is 2.33. The van der Waals surface area contributed by atoms with E-state index < -0.39 is 34.6 Å². The number of halogens is 4. The number of carbonyl (C=O) groups is 1. The zero-order valence-corrected chi connectivity index (χ0v) is 18.2. The number of likely N-dealkylation sites (tertiary alicyclic amines) is 1. The van der Waals surface area contributed by atoms with E-state index in [1.54, 1.807) is 6.07 Å². The van der Waals surface area contributed by atoms with Gasteiger partial charge in [0.05, 0.1) is 35.6 Å². The fourth-order valence-corrected chi connectivity index (χ4v) is 4.19. The first-order chi connectivity index (χ1) is 14.3. The van der Waals surface area contributed by atoms with Crippen LogP contribution in [0, 0.1) is 26.9 Å². The second-order valence-electron chi connectivity index (χ2n) is 7.98.